The van der Waals surface area contributed by atoms with Crippen molar-refractivity contribution in [2.45, 2.75) is 20.4 Å². The van der Waals surface area contributed by atoms with Crippen LogP contribution in [-0.2, 0) is 6.54 Å². The first-order valence-corrected chi connectivity index (χ1v) is 7.24. The Morgan fingerprint density at radius 1 is 1.13 bits per heavy atom. The van der Waals surface area contributed by atoms with Crippen LogP contribution in [-0.4, -0.2) is 14.8 Å². The molecule has 1 aromatic heterocycles. The summed E-state index contributed by atoms with van der Waals surface area (Å²) >= 11 is 0. The first kappa shape index (κ1) is 14.9. The Labute approximate surface area is 133 Å². The van der Waals surface area contributed by atoms with Crippen molar-refractivity contribution in [3.05, 3.63) is 71.1 Å². The van der Waals surface area contributed by atoms with Gasteiger partial charge in [-0.25, -0.2) is 14.1 Å². The number of halogens is 1. The molecule has 0 atom stereocenters. The summed E-state index contributed by atoms with van der Waals surface area (Å²) in [5.41, 5.74) is 2.95. The first-order chi connectivity index (χ1) is 11.1. The van der Waals surface area contributed by atoms with Gasteiger partial charge >= 0.3 is 0 Å². The third-order valence-corrected chi connectivity index (χ3v) is 3.66. The molecule has 5 heteroatoms. The van der Waals surface area contributed by atoms with Crippen molar-refractivity contribution >= 4 is 0 Å². The molecule has 2 aromatic carbocycles. The van der Waals surface area contributed by atoms with Crippen LogP contribution in [0.2, 0.25) is 0 Å². The molecule has 3 aromatic rings. The van der Waals surface area contributed by atoms with Gasteiger partial charge in [0.2, 0.25) is 0 Å². The zero-order valence-electron chi connectivity index (χ0n) is 12.9. The lowest BCUT2D eigenvalue weighted by Gasteiger charge is -2.07. The molecule has 0 radical (unpaired) electrons. The van der Waals surface area contributed by atoms with Crippen molar-refractivity contribution in [2.24, 2.45) is 0 Å². The number of aromatic nitrogens is 3. The summed E-state index contributed by atoms with van der Waals surface area (Å²) in [5.74, 6) is 1.26. The van der Waals surface area contributed by atoms with E-state index < -0.39 is 0 Å². The third kappa shape index (κ3) is 3.11. The molecule has 0 saturated heterocycles. The highest BCUT2D eigenvalue weighted by Gasteiger charge is 2.08. The summed E-state index contributed by atoms with van der Waals surface area (Å²) in [6.07, 6.45) is 0. The van der Waals surface area contributed by atoms with E-state index in [9.17, 15) is 4.39 Å². The number of hydrogen-bond acceptors (Lipinski definition) is 3. The average Bonchev–Trinajstić information content (AvgIpc) is 2.85. The van der Waals surface area contributed by atoms with E-state index in [1.807, 2.05) is 42.8 Å². The van der Waals surface area contributed by atoms with Gasteiger partial charge in [0, 0.05) is 5.56 Å². The third-order valence-electron chi connectivity index (χ3n) is 3.66. The fraction of sp³-hybridized carbons (Fsp3) is 0.167. The average molecular weight is 306 g/mol. The minimum Gasteiger partial charge on any atom is -0.246 e. The standard InChI is InChI=1S/C18H15FN4/c1-12-21-13(2)23(22-12)11-14-3-5-15(6-4-14)18-9-17(19)8-7-16(18)10-20/h3-9H,11H2,1-2H3. The van der Waals surface area contributed by atoms with Crippen molar-refractivity contribution in [1.82, 2.24) is 14.8 Å². The van der Waals surface area contributed by atoms with Gasteiger partial charge in [0.15, 0.2) is 0 Å². The van der Waals surface area contributed by atoms with E-state index in [4.69, 9.17) is 5.26 Å². The van der Waals surface area contributed by atoms with Gasteiger partial charge in [0.25, 0.3) is 0 Å². The maximum absolute atomic E-state index is 13.5. The van der Waals surface area contributed by atoms with Crippen molar-refractivity contribution in [3.63, 3.8) is 0 Å². The van der Waals surface area contributed by atoms with Crippen LogP contribution in [0.15, 0.2) is 42.5 Å². The molecule has 114 valence electrons. The molecule has 0 bridgehead atoms. The van der Waals surface area contributed by atoms with Gasteiger partial charge in [-0.15, -0.1) is 0 Å². The molecule has 0 fully saturated rings. The van der Waals surface area contributed by atoms with E-state index in [1.54, 1.807) is 0 Å². The maximum Gasteiger partial charge on any atom is 0.147 e. The molecule has 3 rings (SSSR count). The SMILES string of the molecule is Cc1nc(C)n(Cc2ccc(-c3cc(F)ccc3C#N)cc2)n1. The van der Waals surface area contributed by atoms with Gasteiger partial charge in [-0.1, -0.05) is 24.3 Å². The van der Waals surface area contributed by atoms with Crippen LogP contribution in [0.1, 0.15) is 22.8 Å². The zero-order valence-corrected chi connectivity index (χ0v) is 12.9. The van der Waals surface area contributed by atoms with Gasteiger partial charge < -0.3 is 0 Å². The fourth-order valence-electron chi connectivity index (χ4n) is 2.53. The Morgan fingerprint density at radius 3 is 2.48 bits per heavy atom. The molecule has 0 aliphatic carbocycles. The molecule has 0 saturated carbocycles. The molecule has 0 N–H and O–H groups in total. The number of aryl methyl sites for hydroxylation is 2. The molecule has 23 heavy (non-hydrogen) atoms. The van der Waals surface area contributed by atoms with E-state index in [0.29, 0.717) is 17.7 Å². The lowest BCUT2D eigenvalue weighted by molar-refractivity contribution is 0.628. The van der Waals surface area contributed by atoms with Crippen molar-refractivity contribution in [1.29, 1.82) is 5.26 Å². The molecule has 0 aliphatic rings. The van der Waals surface area contributed by atoms with Gasteiger partial charge in [-0.3, -0.25) is 0 Å². The smallest absolute Gasteiger partial charge is 0.147 e. The van der Waals surface area contributed by atoms with E-state index in [0.717, 1.165) is 22.8 Å². The summed E-state index contributed by atoms with van der Waals surface area (Å²) in [7, 11) is 0. The normalized spacial score (nSPS) is 10.5. The monoisotopic (exact) mass is 306 g/mol. The van der Waals surface area contributed by atoms with E-state index >= 15 is 0 Å². The Bertz CT molecular complexity index is 888. The molecule has 0 aliphatic heterocycles. The maximum atomic E-state index is 13.5. The van der Waals surface area contributed by atoms with E-state index in [-0.39, 0.29) is 5.82 Å². The highest BCUT2D eigenvalue weighted by atomic mass is 19.1. The minimum absolute atomic E-state index is 0.350. The van der Waals surface area contributed by atoms with Crippen LogP contribution < -0.4 is 0 Å². The van der Waals surface area contributed by atoms with Crippen LogP contribution in [0, 0.1) is 31.0 Å². The number of nitrogens with zero attached hydrogens (tertiary/aromatic N) is 4. The van der Waals surface area contributed by atoms with Crippen LogP contribution >= 0.6 is 0 Å². The molecule has 0 spiro atoms. The van der Waals surface area contributed by atoms with Gasteiger partial charge in [-0.2, -0.15) is 10.4 Å². The predicted octanol–water partition coefficient (Wildman–Crippen LogP) is 3.62. The summed E-state index contributed by atoms with van der Waals surface area (Å²) in [5, 5.41) is 13.5. The molecule has 1 heterocycles. The van der Waals surface area contributed by atoms with Crippen LogP contribution in [0.5, 0.6) is 0 Å². The highest BCUT2D eigenvalue weighted by molar-refractivity contribution is 5.70. The second-order valence-corrected chi connectivity index (χ2v) is 5.36. The Balaban J connectivity index is 1.90. The second kappa shape index (κ2) is 6.01. The van der Waals surface area contributed by atoms with Gasteiger partial charge in [0.1, 0.15) is 17.5 Å². The summed E-state index contributed by atoms with van der Waals surface area (Å²) < 4.78 is 15.3. The van der Waals surface area contributed by atoms with Crippen molar-refractivity contribution < 1.29 is 4.39 Å². The molecule has 0 amide bonds. The Morgan fingerprint density at radius 2 is 1.87 bits per heavy atom. The van der Waals surface area contributed by atoms with E-state index in [2.05, 4.69) is 16.2 Å². The van der Waals surface area contributed by atoms with Crippen LogP contribution in [0.25, 0.3) is 11.1 Å². The van der Waals surface area contributed by atoms with Crippen LogP contribution in [0.4, 0.5) is 4.39 Å². The Kier molecular flexibility index (Phi) is 3.90. The number of rotatable bonds is 3. The zero-order chi connectivity index (χ0) is 16.4. The highest BCUT2D eigenvalue weighted by Crippen LogP contribution is 2.25. The summed E-state index contributed by atoms with van der Waals surface area (Å²) in [6.45, 7) is 4.40. The number of nitriles is 1. The largest absolute Gasteiger partial charge is 0.246 e. The predicted molar refractivity (Wildman–Crippen MR) is 85.1 cm³/mol. The fourth-order valence-corrected chi connectivity index (χ4v) is 2.53. The van der Waals surface area contributed by atoms with Gasteiger partial charge in [-0.05, 0) is 43.2 Å². The molecule has 0 unspecified atom stereocenters. The topological polar surface area (TPSA) is 54.5 Å². The van der Waals surface area contributed by atoms with E-state index in [1.165, 1.54) is 18.2 Å². The molecular weight excluding hydrogens is 291 g/mol. The first-order valence-electron chi connectivity index (χ1n) is 7.24. The van der Waals surface area contributed by atoms with Crippen LogP contribution in [0.3, 0.4) is 0 Å². The number of hydrogen-bond donors (Lipinski definition) is 0. The van der Waals surface area contributed by atoms with Crippen molar-refractivity contribution in [3.8, 4) is 17.2 Å². The molecular formula is C18H15FN4. The summed E-state index contributed by atoms with van der Waals surface area (Å²) in [6, 6.07) is 14.0. The lowest BCUT2D eigenvalue weighted by atomic mass is 9.99. The summed E-state index contributed by atoms with van der Waals surface area (Å²) in [4.78, 5) is 4.28. The second-order valence-electron chi connectivity index (χ2n) is 5.36. The minimum atomic E-state index is -0.350. The number of benzene rings is 2. The lowest BCUT2D eigenvalue weighted by Crippen LogP contribution is -2.04. The molecule has 4 nitrogen and oxygen atoms in total. The van der Waals surface area contributed by atoms with Crippen molar-refractivity contribution in [2.75, 3.05) is 0 Å². The Hall–Kier alpha value is -3.00. The quantitative estimate of drug-likeness (QED) is 0.742. The van der Waals surface area contributed by atoms with Gasteiger partial charge in [0.05, 0.1) is 18.2 Å².